The molecule has 3 nitrogen and oxygen atoms in total. The molecule has 1 heterocycles. The average molecular weight is 380 g/mol. The summed E-state index contributed by atoms with van der Waals surface area (Å²) in [6.45, 7) is 7.76. The number of amides is 1. The maximum absolute atomic E-state index is 12.3. The Morgan fingerprint density at radius 3 is 2.80 bits per heavy atom. The van der Waals surface area contributed by atoms with Crippen LogP contribution in [0, 0.1) is 15.4 Å². The van der Waals surface area contributed by atoms with Crippen molar-refractivity contribution in [2.24, 2.45) is 11.8 Å². The van der Waals surface area contributed by atoms with Crippen LogP contribution >= 0.6 is 22.6 Å². The van der Waals surface area contributed by atoms with E-state index in [1.807, 2.05) is 38.1 Å². The molecule has 0 saturated carbocycles. The van der Waals surface area contributed by atoms with Gasteiger partial charge < -0.3 is 5.32 Å². The third-order valence-electron chi connectivity index (χ3n) is 3.25. The minimum atomic E-state index is -0.201. The highest BCUT2D eigenvalue weighted by atomic mass is 127. The topological polar surface area (TPSA) is 42.0 Å². The summed E-state index contributed by atoms with van der Waals surface area (Å²) in [6.07, 6.45) is 3.43. The number of fused-ring (bicyclic) bond motifs is 1. The third kappa shape index (κ3) is 3.00. The predicted molar refractivity (Wildman–Crippen MR) is 91.6 cm³/mol. The van der Waals surface area contributed by atoms with Crippen LogP contribution in [0.5, 0.6) is 0 Å². The largest absolute Gasteiger partial charge is 0.324 e. The van der Waals surface area contributed by atoms with Crippen molar-refractivity contribution in [3.8, 4) is 0 Å². The number of aromatic nitrogens is 1. The van der Waals surface area contributed by atoms with Crippen molar-refractivity contribution in [1.82, 2.24) is 4.98 Å². The second-order valence-electron chi connectivity index (χ2n) is 4.99. The molecule has 1 aromatic heterocycles. The molecule has 0 saturated heterocycles. The molecule has 4 heteroatoms. The van der Waals surface area contributed by atoms with Gasteiger partial charge in [-0.1, -0.05) is 26.0 Å². The Kier molecular flexibility index (Phi) is 4.75. The number of hydrogen-bond donors (Lipinski definition) is 1. The lowest BCUT2D eigenvalue weighted by molar-refractivity contribution is -0.119. The number of rotatable bonds is 4. The normalized spacial score (nSPS) is 12.4. The van der Waals surface area contributed by atoms with E-state index < -0.39 is 0 Å². The van der Waals surface area contributed by atoms with E-state index in [2.05, 4.69) is 39.5 Å². The van der Waals surface area contributed by atoms with Gasteiger partial charge in [-0.3, -0.25) is 9.78 Å². The zero-order chi connectivity index (χ0) is 14.7. The second-order valence-corrected chi connectivity index (χ2v) is 6.15. The Morgan fingerprint density at radius 1 is 1.40 bits per heavy atom. The van der Waals surface area contributed by atoms with Crippen molar-refractivity contribution in [3.05, 3.63) is 46.7 Å². The Bertz CT molecular complexity index is 652. The highest BCUT2D eigenvalue weighted by Gasteiger charge is 2.19. The number of nitrogens with one attached hydrogen (secondary N) is 1. The van der Waals surface area contributed by atoms with Gasteiger partial charge in [-0.15, -0.1) is 6.58 Å². The lowest BCUT2D eigenvalue weighted by Crippen LogP contribution is -2.25. The van der Waals surface area contributed by atoms with Crippen LogP contribution in [0.3, 0.4) is 0 Å². The van der Waals surface area contributed by atoms with Crippen LogP contribution in [0.2, 0.25) is 0 Å². The second kappa shape index (κ2) is 6.35. The maximum Gasteiger partial charge on any atom is 0.231 e. The zero-order valence-electron chi connectivity index (χ0n) is 11.6. The van der Waals surface area contributed by atoms with Crippen LogP contribution in [0.25, 0.3) is 10.9 Å². The Labute approximate surface area is 132 Å². The molecule has 0 bridgehead atoms. The van der Waals surface area contributed by atoms with Crippen LogP contribution in [0.15, 0.2) is 43.1 Å². The van der Waals surface area contributed by atoms with Gasteiger partial charge in [0.25, 0.3) is 0 Å². The van der Waals surface area contributed by atoms with Gasteiger partial charge in [0.15, 0.2) is 0 Å². The molecule has 0 aliphatic heterocycles. The quantitative estimate of drug-likeness (QED) is 0.637. The van der Waals surface area contributed by atoms with E-state index in [9.17, 15) is 4.79 Å². The summed E-state index contributed by atoms with van der Waals surface area (Å²) in [5.74, 6) is -0.0215. The Hall–Kier alpha value is -1.43. The SMILES string of the molecule is C=CC(C(=O)Nc1ccc(I)c2cccnc12)C(C)C. The van der Waals surface area contributed by atoms with E-state index in [-0.39, 0.29) is 17.7 Å². The number of anilines is 1. The molecule has 0 radical (unpaired) electrons. The fourth-order valence-electron chi connectivity index (χ4n) is 2.14. The number of halogens is 1. The van der Waals surface area contributed by atoms with Crippen LogP contribution in [0.1, 0.15) is 13.8 Å². The molecule has 1 atom stereocenters. The molecule has 0 aliphatic carbocycles. The van der Waals surface area contributed by atoms with E-state index >= 15 is 0 Å². The lowest BCUT2D eigenvalue weighted by Gasteiger charge is -2.17. The summed E-state index contributed by atoms with van der Waals surface area (Å²) < 4.78 is 1.12. The van der Waals surface area contributed by atoms with Gasteiger partial charge in [0.2, 0.25) is 5.91 Å². The number of hydrogen-bond acceptors (Lipinski definition) is 2. The summed E-state index contributed by atoms with van der Waals surface area (Å²) >= 11 is 2.27. The lowest BCUT2D eigenvalue weighted by atomic mass is 9.95. The molecule has 1 aromatic carbocycles. The Balaban J connectivity index is 2.37. The van der Waals surface area contributed by atoms with Crippen molar-refractivity contribution in [2.75, 3.05) is 5.32 Å². The van der Waals surface area contributed by atoms with E-state index in [1.54, 1.807) is 12.3 Å². The number of pyridine rings is 1. The molecule has 1 unspecified atom stereocenters. The maximum atomic E-state index is 12.3. The van der Waals surface area contributed by atoms with E-state index in [1.165, 1.54) is 0 Å². The van der Waals surface area contributed by atoms with Crippen LogP contribution < -0.4 is 5.32 Å². The van der Waals surface area contributed by atoms with Gasteiger partial charge in [-0.05, 0) is 46.7 Å². The van der Waals surface area contributed by atoms with E-state index in [4.69, 9.17) is 0 Å². The molecule has 1 N–H and O–H groups in total. The van der Waals surface area contributed by atoms with Crippen molar-refractivity contribution in [3.63, 3.8) is 0 Å². The predicted octanol–water partition coefficient (Wildman–Crippen LogP) is 4.24. The smallest absolute Gasteiger partial charge is 0.231 e. The van der Waals surface area contributed by atoms with E-state index in [0.717, 1.165) is 20.2 Å². The molecule has 0 aliphatic rings. The number of nitrogens with zero attached hydrogens (tertiary/aromatic N) is 1. The van der Waals surface area contributed by atoms with Crippen LogP contribution in [-0.2, 0) is 4.79 Å². The van der Waals surface area contributed by atoms with Crippen molar-refractivity contribution in [2.45, 2.75) is 13.8 Å². The highest BCUT2D eigenvalue weighted by molar-refractivity contribution is 14.1. The standard InChI is InChI=1S/C16H17IN2O/c1-4-11(10(2)3)16(20)19-14-8-7-13(17)12-6-5-9-18-15(12)14/h4-11H,1H2,2-3H3,(H,19,20). The van der Waals surface area contributed by atoms with Crippen molar-refractivity contribution >= 4 is 45.1 Å². The molecular formula is C16H17IN2O. The third-order valence-corrected chi connectivity index (χ3v) is 4.19. The molecule has 0 fully saturated rings. The first-order chi connectivity index (χ1) is 9.54. The van der Waals surface area contributed by atoms with E-state index in [0.29, 0.717) is 0 Å². The van der Waals surface area contributed by atoms with Gasteiger partial charge in [-0.25, -0.2) is 0 Å². The number of carbonyl (C=O) groups is 1. The van der Waals surface area contributed by atoms with Gasteiger partial charge >= 0.3 is 0 Å². The summed E-state index contributed by atoms with van der Waals surface area (Å²) in [5.41, 5.74) is 1.57. The summed E-state index contributed by atoms with van der Waals surface area (Å²) in [6, 6.07) is 7.79. The van der Waals surface area contributed by atoms with Crippen molar-refractivity contribution in [1.29, 1.82) is 0 Å². The van der Waals surface area contributed by atoms with Crippen molar-refractivity contribution < 1.29 is 4.79 Å². The summed E-state index contributed by atoms with van der Waals surface area (Å²) in [5, 5.41) is 4.02. The number of benzene rings is 1. The van der Waals surface area contributed by atoms with Crippen LogP contribution in [-0.4, -0.2) is 10.9 Å². The molecule has 20 heavy (non-hydrogen) atoms. The molecule has 2 rings (SSSR count). The minimum Gasteiger partial charge on any atom is -0.324 e. The summed E-state index contributed by atoms with van der Waals surface area (Å²) in [7, 11) is 0. The van der Waals surface area contributed by atoms with Gasteiger partial charge in [0, 0.05) is 15.2 Å². The fourth-order valence-corrected chi connectivity index (χ4v) is 2.75. The molecule has 104 valence electrons. The zero-order valence-corrected chi connectivity index (χ0v) is 13.7. The summed E-state index contributed by atoms with van der Waals surface area (Å²) in [4.78, 5) is 16.7. The number of carbonyl (C=O) groups excluding carboxylic acids is 1. The fraction of sp³-hybridized carbons (Fsp3) is 0.250. The molecule has 1 amide bonds. The monoisotopic (exact) mass is 380 g/mol. The first kappa shape index (κ1) is 15.0. The highest BCUT2D eigenvalue weighted by Crippen LogP contribution is 2.26. The first-order valence-electron chi connectivity index (χ1n) is 6.51. The molecule has 2 aromatic rings. The first-order valence-corrected chi connectivity index (χ1v) is 7.59. The Morgan fingerprint density at radius 2 is 2.15 bits per heavy atom. The van der Waals surface area contributed by atoms with Gasteiger partial charge in [0.1, 0.15) is 0 Å². The minimum absolute atomic E-state index is 0.0387. The molecule has 0 spiro atoms. The van der Waals surface area contributed by atoms with Crippen LogP contribution in [0.4, 0.5) is 5.69 Å². The average Bonchev–Trinajstić information content (AvgIpc) is 2.42. The van der Waals surface area contributed by atoms with Gasteiger partial charge in [0.05, 0.1) is 17.1 Å². The molecular weight excluding hydrogens is 363 g/mol. The van der Waals surface area contributed by atoms with Gasteiger partial charge in [-0.2, -0.15) is 0 Å².